The van der Waals surface area contributed by atoms with Crippen molar-refractivity contribution in [3.8, 4) is 10.4 Å². The van der Waals surface area contributed by atoms with E-state index in [-0.39, 0.29) is 17.1 Å². The average Bonchev–Trinajstić information content (AvgIpc) is 3.50. The van der Waals surface area contributed by atoms with E-state index in [0.29, 0.717) is 0 Å². The first kappa shape index (κ1) is 25.3. The fourth-order valence-electron chi connectivity index (χ4n) is 3.97. The number of aliphatic carboxylic acids is 1. The second-order valence-corrected chi connectivity index (χ2v) is 9.68. The number of carboxylic acid groups (broad SMARTS) is 1. The summed E-state index contributed by atoms with van der Waals surface area (Å²) in [5, 5.41) is 14.7. The van der Waals surface area contributed by atoms with E-state index in [1.54, 1.807) is 24.3 Å². The highest BCUT2D eigenvalue weighted by Crippen LogP contribution is 2.32. The molecule has 4 rings (SSSR count). The second-order valence-electron chi connectivity index (χ2n) is 8.56. The quantitative estimate of drug-likeness (QED) is 0.321. The van der Waals surface area contributed by atoms with E-state index in [0.717, 1.165) is 33.4 Å². The number of hydrazone groups is 1. The number of carbonyl (C=O) groups excluding carboxylic acids is 1. The Hall–Kier alpha value is -3.78. The lowest BCUT2D eigenvalue weighted by atomic mass is 10.1. The molecule has 1 N–H and O–H groups in total. The minimum atomic E-state index is -1.25. The van der Waals surface area contributed by atoms with Gasteiger partial charge >= 0.3 is 5.97 Å². The summed E-state index contributed by atoms with van der Waals surface area (Å²) in [6.07, 6.45) is 7.82. The minimum absolute atomic E-state index is 0.0411. The number of amides is 1. The van der Waals surface area contributed by atoms with Crippen LogP contribution in [0.1, 0.15) is 44.4 Å². The highest BCUT2D eigenvalue weighted by Gasteiger charge is 2.35. The number of nitrogens with zero attached hydrogens (tertiary/aromatic N) is 4. The van der Waals surface area contributed by atoms with Gasteiger partial charge in [-0.05, 0) is 60.9 Å². The normalized spacial score (nSPS) is 14.4. The highest BCUT2D eigenvalue weighted by molar-refractivity contribution is 7.16. The third kappa shape index (κ3) is 5.71. The molecule has 36 heavy (non-hydrogen) atoms. The van der Waals surface area contributed by atoms with Crippen molar-refractivity contribution in [1.82, 2.24) is 4.98 Å². The molecule has 1 aliphatic heterocycles. The lowest BCUT2D eigenvalue weighted by molar-refractivity contribution is -0.129. The zero-order valence-electron chi connectivity index (χ0n) is 20.6. The molecule has 0 atom stereocenters. The first-order valence-corrected chi connectivity index (χ1v) is 13.1. The number of carboxylic acids is 1. The van der Waals surface area contributed by atoms with Crippen LogP contribution in [0.15, 0.2) is 71.5 Å². The molecule has 3 heterocycles. The molecule has 3 aromatic rings. The number of unbranched alkanes of at least 4 members (excludes halogenated alkanes) is 2. The van der Waals surface area contributed by atoms with Gasteiger partial charge < -0.3 is 10.0 Å². The van der Waals surface area contributed by atoms with Gasteiger partial charge in [0.05, 0.1) is 5.57 Å². The summed E-state index contributed by atoms with van der Waals surface area (Å²) in [5.41, 5.74) is 2.07. The van der Waals surface area contributed by atoms with Crippen LogP contribution in [0.4, 0.5) is 11.5 Å². The van der Waals surface area contributed by atoms with Gasteiger partial charge in [0, 0.05) is 34.7 Å². The van der Waals surface area contributed by atoms with Crippen molar-refractivity contribution in [2.45, 2.75) is 39.5 Å². The van der Waals surface area contributed by atoms with Gasteiger partial charge in [-0.1, -0.05) is 44.9 Å². The maximum atomic E-state index is 13.0. The molecule has 0 fully saturated rings. The van der Waals surface area contributed by atoms with Crippen molar-refractivity contribution >= 4 is 46.5 Å². The third-order valence-corrected chi connectivity index (χ3v) is 7.02. The minimum Gasteiger partial charge on any atom is -0.476 e. The molecule has 0 aliphatic carbocycles. The molecule has 2 aromatic heterocycles. The summed E-state index contributed by atoms with van der Waals surface area (Å²) < 4.78 is 0. The Bertz CT molecular complexity index is 1260. The molecular weight excluding hydrogens is 472 g/mol. The number of thiophene rings is 1. The number of rotatable bonds is 11. The molecule has 1 amide bonds. The van der Waals surface area contributed by atoms with Gasteiger partial charge in [-0.15, -0.1) is 11.3 Å². The molecule has 1 aliphatic rings. The molecule has 7 nitrogen and oxygen atoms in total. The molecule has 0 saturated carbocycles. The molecule has 0 saturated heterocycles. The van der Waals surface area contributed by atoms with Crippen molar-refractivity contribution in [3.63, 3.8) is 0 Å². The molecule has 0 unspecified atom stereocenters. The predicted octanol–water partition coefficient (Wildman–Crippen LogP) is 6.09. The summed E-state index contributed by atoms with van der Waals surface area (Å²) in [6.45, 7) is 6.55. The SMILES string of the molecule is CCCCN(CCCC)c1ccc(-c2ccc(/C=C3\C(=O)N(c4ccccn4)N=C3C(=O)O)s2)cc1. The summed E-state index contributed by atoms with van der Waals surface area (Å²) in [5.74, 6) is -1.48. The van der Waals surface area contributed by atoms with E-state index in [4.69, 9.17) is 0 Å². The number of aromatic nitrogens is 1. The number of carbonyl (C=O) groups is 2. The van der Waals surface area contributed by atoms with Gasteiger partial charge in [-0.25, -0.2) is 9.78 Å². The van der Waals surface area contributed by atoms with Gasteiger partial charge in [0.1, 0.15) is 0 Å². The Morgan fingerprint density at radius 3 is 2.36 bits per heavy atom. The van der Waals surface area contributed by atoms with Crippen LogP contribution in [-0.2, 0) is 9.59 Å². The average molecular weight is 503 g/mol. The fourth-order valence-corrected chi connectivity index (χ4v) is 4.93. The Kier molecular flexibility index (Phi) is 8.28. The van der Waals surface area contributed by atoms with Crippen molar-refractivity contribution in [2.24, 2.45) is 5.10 Å². The maximum absolute atomic E-state index is 13.0. The predicted molar refractivity (Wildman–Crippen MR) is 147 cm³/mol. The fraction of sp³-hybridized carbons (Fsp3) is 0.286. The maximum Gasteiger partial charge on any atom is 0.357 e. The Balaban J connectivity index is 1.55. The van der Waals surface area contributed by atoms with Crippen LogP contribution >= 0.6 is 11.3 Å². The Morgan fingerprint density at radius 1 is 1.03 bits per heavy atom. The number of pyridine rings is 1. The van der Waals surface area contributed by atoms with Crippen molar-refractivity contribution in [1.29, 1.82) is 0 Å². The van der Waals surface area contributed by atoms with Crippen LogP contribution in [0.25, 0.3) is 16.5 Å². The molecule has 186 valence electrons. The second kappa shape index (κ2) is 11.8. The van der Waals surface area contributed by atoms with Crippen LogP contribution in [0, 0.1) is 0 Å². The van der Waals surface area contributed by atoms with E-state index in [2.05, 4.69) is 53.1 Å². The molecule has 1 aromatic carbocycles. The zero-order chi connectivity index (χ0) is 25.5. The zero-order valence-corrected chi connectivity index (χ0v) is 21.4. The number of hydrogen-bond acceptors (Lipinski definition) is 6. The van der Waals surface area contributed by atoms with Gasteiger partial charge in [-0.2, -0.15) is 10.1 Å². The Labute approximate surface area is 215 Å². The van der Waals surface area contributed by atoms with Gasteiger partial charge in [0.2, 0.25) is 0 Å². The van der Waals surface area contributed by atoms with Gasteiger partial charge in [0.25, 0.3) is 5.91 Å². The lowest BCUT2D eigenvalue weighted by Crippen LogP contribution is -2.25. The van der Waals surface area contributed by atoms with Crippen molar-refractivity contribution < 1.29 is 14.7 Å². The summed E-state index contributed by atoms with van der Waals surface area (Å²) in [7, 11) is 0. The third-order valence-electron chi connectivity index (χ3n) is 5.94. The van der Waals surface area contributed by atoms with E-state index < -0.39 is 11.9 Å². The van der Waals surface area contributed by atoms with Crippen LogP contribution in [0.2, 0.25) is 0 Å². The van der Waals surface area contributed by atoms with Gasteiger partial charge in [0.15, 0.2) is 11.5 Å². The van der Waals surface area contributed by atoms with Crippen molar-refractivity contribution in [3.05, 3.63) is 71.2 Å². The van der Waals surface area contributed by atoms with Crippen molar-refractivity contribution in [2.75, 3.05) is 23.0 Å². The largest absolute Gasteiger partial charge is 0.476 e. The van der Waals surface area contributed by atoms with Crippen LogP contribution < -0.4 is 9.91 Å². The lowest BCUT2D eigenvalue weighted by Gasteiger charge is -2.24. The van der Waals surface area contributed by atoms with Crippen LogP contribution in [0.3, 0.4) is 0 Å². The van der Waals surface area contributed by atoms with Crippen LogP contribution in [0.5, 0.6) is 0 Å². The Morgan fingerprint density at radius 2 is 1.75 bits per heavy atom. The highest BCUT2D eigenvalue weighted by atomic mass is 32.1. The number of benzene rings is 1. The van der Waals surface area contributed by atoms with E-state index in [9.17, 15) is 14.7 Å². The first-order chi connectivity index (χ1) is 17.5. The van der Waals surface area contributed by atoms with E-state index in [1.165, 1.54) is 48.9 Å². The molecular formula is C28H30N4O3S. The van der Waals surface area contributed by atoms with Crippen LogP contribution in [-0.4, -0.2) is 40.8 Å². The molecule has 0 bridgehead atoms. The summed E-state index contributed by atoms with van der Waals surface area (Å²) >= 11 is 1.50. The topological polar surface area (TPSA) is 86.1 Å². The molecule has 8 heteroatoms. The molecule has 0 radical (unpaired) electrons. The summed E-state index contributed by atoms with van der Waals surface area (Å²) in [4.78, 5) is 33.2. The van der Waals surface area contributed by atoms with Gasteiger partial charge in [-0.3, -0.25) is 4.79 Å². The smallest absolute Gasteiger partial charge is 0.357 e. The van der Waals surface area contributed by atoms with E-state index >= 15 is 0 Å². The standard InChI is InChI=1S/C28H30N4O3S/c1-3-5-17-31(18-6-4-2)21-12-10-20(11-13-21)24-15-14-22(36-24)19-23-26(28(34)35)30-32(27(23)33)25-9-7-8-16-29-25/h7-16,19H,3-6,17-18H2,1-2H3,(H,34,35)/b23-19-. The monoisotopic (exact) mass is 502 g/mol. The van der Waals surface area contributed by atoms with E-state index in [1.807, 2.05) is 12.1 Å². The number of anilines is 2. The number of hydrogen-bond donors (Lipinski definition) is 1. The molecule has 0 spiro atoms. The first-order valence-electron chi connectivity index (χ1n) is 12.3. The summed E-state index contributed by atoms with van der Waals surface area (Å²) in [6, 6.07) is 17.5.